The molecule has 0 aromatic carbocycles. The molecule has 2 aromatic heterocycles. The molecule has 2 heterocycles. The summed E-state index contributed by atoms with van der Waals surface area (Å²) in [5.41, 5.74) is 1.74. The molecule has 0 unspecified atom stereocenters. The van der Waals surface area contributed by atoms with Gasteiger partial charge in [0.2, 0.25) is 0 Å². The number of hydrogen-bond donors (Lipinski definition) is 1. The van der Waals surface area contributed by atoms with E-state index in [1.165, 1.54) is 11.3 Å². The molecule has 2 aromatic rings. The van der Waals surface area contributed by atoms with Gasteiger partial charge in [-0.25, -0.2) is 9.78 Å². The number of carboxylic acid groups (broad SMARTS) is 1. The van der Waals surface area contributed by atoms with Crippen molar-refractivity contribution in [2.45, 2.75) is 6.92 Å². The van der Waals surface area contributed by atoms with Crippen LogP contribution in [0.5, 0.6) is 0 Å². The van der Waals surface area contributed by atoms with Crippen molar-refractivity contribution in [1.82, 2.24) is 4.98 Å². The van der Waals surface area contributed by atoms with Crippen LogP contribution in [0.15, 0.2) is 16.8 Å². The Hall–Kier alpha value is -1.20. The number of aromatic carboxylic acids is 1. The van der Waals surface area contributed by atoms with Gasteiger partial charge in [-0.3, -0.25) is 0 Å². The van der Waals surface area contributed by atoms with E-state index < -0.39 is 5.97 Å². The highest BCUT2D eigenvalue weighted by Gasteiger charge is 2.09. The second-order valence-electron chi connectivity index (χ2n) is 2.76. The van der Waals surface area contributed by atoms with Crippen LogP contribution in [0.1, 0.15) is 14.7 Å². The lowest BCUT2D eigenvalue weighted by atomic mass is 10.2. The molecule has 0 radical (unpaired) electrons. The first kappa shape index (κ1) is 9.36. The standard InChI is InChI=1S/C9H7NO2S2/c1-5-10-7(4-13-5)6-2-8(9(11)12)14-3-6/h2-4H,1H3,(H,11,12). The van der Waals surface area contributed by atoms with Crippen LogP contribution in [0, 0.1) is 6.92 Å². The van der Waals surface area contributed by atoms with Gasteiger partial charge in [-0.1, -0.05) is 0 Å². The average molecular weight is 225 g/mol. The van der Waals surface area contributed by atoms with Gasteiger partial charge in [-0.05, 0) is 13.0 Å². The van der Waals surface area contributed by atoms with Crippen LogP contribution < -0.4 is 0 Å². The van der Waals surface area contributed by atoms with E-state index in [0.29, 0.717) is 4.88 Å². The maximum atomic E-state index is 10.6. The van der Waals surface area contributed by atoms with Gasteiger partial charge in [-0.2, -0.15) is 0 Å². The molecule has 5 heteroatoms. The first-order chi connectivity index (χ1) is 6.66. The zero-order valence-electron chi connectivity index (χ0n) is 7.35. The molecule has 3 nitrogen and oxygen atoms in total. The first-order valence-corrected chi connectivity index (χ1v) is 5.67. The van der Waals surface area contributed by atoms with Gasteiger partial charge >= 0.3 is 5.97 Å². The van der Waals surface area contributed by atoms with Crippen molar-refractivity contribution in [2.24, 2.45) is 0 Å². The van der Waals surface area contributed by atoms with Crippen molar-refractivity contribution in [3.8, 4) is 11.3 Å². The Kier molecular flexibility index (Phi) is 2.35. The van der Waals surface area contributed by atoms with E-state index >= 15 is 0 Å². The maximum absolute atomic E-state index is 10.6. The maximum Gasteiger partial charge on any atom is 0.345 e. The van der Waals surface area contributed by atoms with E-state index in [4.69, 9.17) is 5.11 Å². The second-order valence-corrected chi connectivity index (χ2v) is 4.73. The first-order valence-electron chi connectivity index (χ1n) is 3.91. The smallest absolute Gasteiger partial charge is 0.345 e. The Morgan fingerprint density at radius 1 is 1.43 bits per heavy atom. The molecule has 2 rings (SSSR count). The Morgan fingerprint density at radius 3 is 2.71 bits per heavy atom. The number of nitrogens with zero attached hydrogens (tertiary/aromatic N) is 1. The Bertz CT molecular complexity index is 473. The predicted molar refractivity (Wildman–Crippen MR) is 57.1 cm³/mol. The van der Waals surface area contributed by atoms with Crippen molar-refractivity contribution >= 4 is 28.6 Å². The van der Waals surface area contributed by atoms with Gasteiger partial charge in [0.05, 0.1) is 10.7 Å². The summed E-state index contributed by atoms with van der Waals surface area (Å²) in [6, 6.07) is 1.65. The zero-order chi connectivity index (χ0) is 10.1. The zero-order valence-corrected chi connectivity index (χ0v) is 8.98. The van der Waals surface area contributed by atoms with Crippen LogP contribution in [-0.2, 0) is 0 Å². The van der Waals surface area contributed by atoms with E-state index in [0.717, 1.165) is 16.3 Å². The van der Waals surface area contributed by atoms with Crippen LogP contribution >= 0.6 is 22.7 Å². The van der Waals surface area contributed by atoms with Crippen LogP contribution in [0.2, 0.25) is 0 Å². The van der Waals surface area contributed by atoms with Crippen LogP contribution in [-0.4, -0.2) is 16.1 Å². The molecule has 72 valence electrons. The molecule has 0 saturated carbocycles. The topological polar surface area (TPSA) is 50.2 Å². The van der Waals surface area contributed by atoms with Crippen molar-refractivity contribution in [3.05, 3.63) is 26.7 Å². The van der Waals surface area contributed by atoms with Gasteiger partial charge in [0.15, 0.2) is 0 Å². The van der Waals surface area contributed by atoms with Crippen molar-refractivity contribution in [1.29, 1.82) is 0 Å². The van der Waals surface area contributed by atoms with Crippen LogP contribution in [0.3, 0.4) is 0 Å². The molecule has 0 saturated heterocycles. The van der Waals surface area contributed by atoms with Crippen LogP contribution in [0.4, 0.5) is 0 Å². The van der Waals surface area contributed by atoms with Crippen molar-refractivity contribution in [2.75, 3.05) is 0 Å². The fraction of sp³-hybridized carbons (Fsp3) is 0.111. The summed E-state index contributed by atoms with van der Waals surface area (Å²) in [6.45, 7) is 1.93. The molecule has 0 aliphatic rings. The fourth-order valence-corrected chi connectivity index (χ4v) is 2.44. The average Bonchev–Trinajstić information content (AvgIpc) is 2.70. The highest BCUT2D eigenvalue weighted by atomic mass is 32.1. The summed E-state index contributed by atoms with van der Waals surface area (Å²) in [7, 11) is 0. The minimum atomic E-state index is -0.881. The fourth-order valence-electron chi connectivity index (χ4n) is 1.08. The molecule has 0 bridgehead atoms. The Labute approximate surface area is 88.7 Å². The number of aromatic nitrogens is 1. The number of carboxylic acids is 1. The highest BCUT2D eigenvalue weighted by Crippen LogP contribution is 2.26. The third-order valence-electron chi connectivity index (χ3n) is 1.73. The number of aryl methyl sites for hydroxylation is 1. The third kappa shape index (κ3) is 1.69. The molecule has 0 fully saturated rings. The predicted octanol–water partition coefficient (Wildman–Crippen LogP) is 2.88. The third-order valence-corrected chi connectivity index (χ3v) is 3.42. The summed E-state index contributed by atoms with van der Waals surface area (Å²) < 4.78 is 0. The van der Waals surface area contributed by atoms with E-state index in [9.17, 15) is 4.79 Å². The van der Waals surface area contributed by atoms with E-state index in [-0.39, 0.29) is 0 Å². The lowest BCUT2D eigenvalue weighted by Crippen LogP contribution is -1.89. The Morgan fingerprint density at radius 2 is 2.21 bits per heavy atom. The molecule has 0 atom stereocenters. The van der Waals surface area contributed by atoms with E-state index in [1.54, 1.807) is 17.4 Å². The van der Waals surface area contributed by atoms with Gasteiger partial charge < -0.3 is 5.11 Å². The normalized spacial score (nSPS) is 10.4. The Balaban J connectivity index is 2.38. The van der Waals surface area contributed by atoms with E-state index in [1.807, 2.05) is 17.7 Å². The molecule has 0 aliphatic heterocycles. The molecule has 1 N–H and O–H groups in total. The van der Waals surface area contributed by atoms with Crippen LogP contribution in [0.25, 0.3) is 11.3 Å². The molecule has 0 aliphatic carbocycles. The summed E-state index contributed by atoms with van der Waals surface area (Å²) in [4.78, 5) is 15.3. The molecule has 0 spiro atoms. The second kappa shape index (κ2) is 3.51. The molecular formula is C9H7NO2S2. The number of thiazole rings is 1. The number of carbonyl (C=O) groups is 1. The van der Waals surface area contributed by atoms with Gasteiger partial charge in [0, 0.05) is 16.3 Å². The molecular weight excluding hydrogens is 218 g/mol. The quantitative estimate of drug-likeness (QED) is 0.855. The largest absolute Gasteiger partial charge is 0.477 e. The molecule has 0 amide bonds. The summed E-state index contributed by atoms with van der Waals surface area (Å²) in [6.07, 6.45) is 0. The van der Waals surface area contributed by atoms with Gasteiger partial charge in [0.25, 0.3) is 0 Å². The highest BCUT2D eigenvalue weighted by molar-refractivity contribution is 7.12. The van der Waals surface area contributed by atoms with Crippen molar-refractivity contribution in [3.63, 3.8) is 0 Å². The minimum Gasteiger partial charge on any atom is -0.477 e. The van der Waals surface area contributed by atoms with Gasteiger partial charge in [0.1, 0.15) is 4.88 Å². The molecule has 14 heavy (non-hydrogen) atoms. The number of thiophene rings is 1. The number of rotatable bonds is 2. The van der Waals surface area contributed by atoms with E-state index in [2.05, 4.69) is 4.98 Å². The lowest BCUT2D eigenvalue weighted by Gasteiger charge is -1.86. The number of hydrogen-bond acceptors (Lipinski definition) is 4. The summed E-state index contributed by atoms with van der Waals surface area (Å²) in [5, 5.41) is 13.5. The van der Waals surface area contributed by atoms with Crippen molar-refractivity contribution < 1.29 is 9.90 Å². The minimum absolute atomic E-state index is 0.352. The lowest BCUT2D eigenvalue weighted by molar-refractivity contribution is 0.0702. The summed E-state index contributed by atoms with van der Waals surface area (Å²) in [5.74, 6) is -0.881. The van der Waals surface area contributed by atoms with Gasteiger partial charge in [-0.15, -0.1) is 22.7 Å². The SMILES string of the molecule is Cc1nc(-c2csc(C(=O)O)c2)cs1. The summed E-state index contributed by atoms with van der Waals surface area (Å²) >= 11 is 2.79. The monoisotopic (exact) mass is 225 g/mol.